The second-order valence-electron chi connectivity index (χ2n) is 3.68. The van der Waals surface area contributed by atoms with Crippen LogP contribution in [-0.4, -0.2) is 17.2 Å². The molecule has 0 aliphatic carbocycles. The first-order valence-corrected chi connectivity index (χ1v) is 7.01. The average molecular weight is 261 g/mol. The van der Waals surface area contributed by atoms with Gasteiger partial charge in [-0.3, -0.25) is 0 Å². The van der Waals surface area contributed by atoms with Crippen molar-refractivity contribution in [2.24, 2.45) is 0 Å². The van der Waals surface area contributed by atoms with E-state index in [0.717, 1.165) is 16.6 Å². The van der Waals surface area contributed by atoms with Crippen molar-refractivity contribution in [3.63, 3.8) is 0 Å². The minimum atomic E-state index is 0.778. The molecule has 86 valence electrons. The van der Waals surface area contributed by atoms with E-state index in [-0.39, 0.29) is 0 Å². The lowest BCUT2D eigenvalue weighted by atomic mass is 10.2. The van der Waals surface area contributed by atoms with Crippen LogP contribution in [0.4, 0.5) is 0 Å². The molecule has 0 unspecified atom stereocenters. The van der Waals surface area contributed by atoms with Crippen LogP contribution in [-0.2, 0) is 6.54 Å². The van der Waals surface area contributed by atoms with Crippen molar-refractivity contribution in [3.05, 3.63) is 34.7 Å². The van der Waals surface area contributed by atoms with Crippen LogP contribution in [0.5, 0.6) is 0 Å². The lowest BCUT2D eigenvalue weighted by Crippen LogP contribution is -2.04. The van der Waals surface area contributed by atoms with Gasteiger partial charge in [0, 0.05) is 27.6 Å². The lowest BCUT2D eigenvalue weighted by Gasteiger charge is -1.92. The van der Waals surface area contributed by atoms with E-state index < -0.39 is 0 Å². The molecule has 0 radical (unpaired) electrons. The fourth-order valence-corrected chi connectivity index (χ4v) is 3.63. The standard InChI is InChI=1S/C12H11N3S2/c1-13-6-11-14-15-12(17-11)9-7-16-10-5-3-2-4-8(9)10/h2-5,7,13H,6H2,1H3. The summed E-state index contributed by atoms with van der Waals surface area (Å²) >= 11 is 3.41. The summed E-state index contributed by atoms with van der Waals surface area (Å²) in [7, 11) is 1.92. The van der Waals surface area contributed by atoms with E-state index in [1.54, 1.807) is 22.7 Å². The van der Waals surface area contributed by atoms with Gasteiger partial charge in [-0.25, -0.2) is 0 Å². The summed E-state index contributed by atoms with van der Waals surface area (Å²) in [4.78, 5) is 0. The summed E-state index contributed by atoms with van der Waals surface area (Å²) in [6.07, 6.45) is 0. The van der Waals surface area contributed by atoms with E-state index in [1.807, 2.05) is 7.05 Å². The zero-order valence-corrected chi connectivity index (χ0v) is 10.9. The van der Waals surface area contributed by atoms with E-state index in [0.29, 0.717) is 0 Å². The summed E-state index contributed by atoms with van der Waals surface area (Å²) in [5.41, 5.74) is 1.20. The van der Waals surface area contributed by atoms with Gasteiger partial charge in [-0.1, -0.05) is 29.5 Å². The van der Waals surface area contributed by atoms with E-state index in [4.69, 9.17) is 0 Å². The molecule has 1 aromatic carbocycles. The molecule has 17 heavy (non-hydrogen) atoms. The topological polar surface area (TPSA) is 37.8 Å². The Hall–Kier alpha value is -1.30. The Morgan fingerprint density at radius 3 is 3.00 bits per heavy atom. The summed E-state index contributed by atoms with van der Waals surface area (Å²) in [5, 5.41) is 17.0. The van der Waals surface area contributed by atoms with Gasteiger partial charge in [0.1, 0.15) is 10.0 Å². The summed E-state index contributed by atoms with van der Waals surface area (Å²) < 4.78 is 1.30. The van der Waals surface area contributed by atoms with E-state index in [2.05, 4.69) is 45.2 Å². The molecule has 0 saturated heterocycles. The normalized spacial score (nSPS) is 11.1. The number of aromatic nitrogens is 2. The maximum Gasteiger partial charge on any atom is 0.149 e. The molecule has 1 N–H and O–H groups in total. The predicted molar refractivity (Wildman–Crippen MR) is 73.5 cm³/mol. The van der Waals surface area contributed by atoms with Crippen LogP contribution in [0.15, 0.2) is 29.6 Å². The maximum atomic E-state index is 4.26. The van der Waals surface area contributed by atoms with Crippen LogP contribution in [0.25, 0.3) is 20.7 Å². The summed E-state index contributed by atoms with van der Waals surface area (Å²) in [6.45, 7) is 0.778. The van der Waals surface area contributed by atoms with Gasteiger partial charge in [0.05, 0.1) is 0 Å². The number of fused-ring (bicyclic) bond motifs is 1. The van der Waals surface area contributed by atoms with Crippen LogP contribution in [0.2, 0.25) is 0 Å². The van der Waals surface area contributed by atoms with Crippen molar-refractivity contribution in [2.45, 2.75) is 6.54 Å². The SMILES string of the molecule is CNCc1nnc(-c2csc3ccccc23)s1. The van der Waals surface area contributed by atoms with Gasteiger partial charge in [0.25, 0.3) is 0 Å². The smallest absolute Gasteiger partial charge is 0.149 e. The second kappa shape index (κ2) is 4.52. The molecule has 0 bridgehead atoms. The quantitative estimate of drug-likeness (QED) is 0.787. The van der Waals surface area contributed by atoms with Crippen LogP contribution < -0.4 is 5.32 Å². The largest absolute Gasteiger partial charge is 0.313 e. The molecule has 0 spiro atoms. The number of rotatable bonds is 3. The van der Waals surface area contributed by atoms with Gasteiger partial charge < -0.3 is 5.32 Å². The third-order valence-corrected chi connectivity index (χ3v) is 4.43. The molecule has 0 amide bonds. The third kappa shape index (κ3) is 1.97. The molecule has 0 aliphatic heterocycles. The van der Waals surface area contributed by atoms with Gasteiger partial charge >= 0.3 is 0 Å². The molecular weight excluding hydrogens is 250 g/mol. The fourth-order valence-electron chi connectivity index (χ4n) is 1.73. The number of hydrogen-bond acceptors (Lipinski definition) is 5. The van der Waals surface area contributed by atoms with E-state index in [1.165, 1.54) is 15.6 Å². The number of nitrogens with one attached hydrogen (secondary N) is 1. The van der Waals surface area contributed by atoms with Gasteiger partial charge in [-0.15, -0.1) is 21.5 Å². The molecule has 2 heterocycles. The summed E-state index contributed by atoms with van der Waals surface area (Å²) in [6, 6.07) is 8.41. The molecule has 0 aliphatic rings. The Bertz CT molecular complexity index is 642. The molecule has 3 aromatic rings. The lowest BCUT2D eigenvalue weighted by molar-refractivity contribution is 0.795. The zero-order chi connectivity index (χ0) is 11.7. The highest BCUT2D eigenvalue weighted by atomic mass is 32.1. The Kier molecular flexibility index (Phi) is 2.88. The average Bonchev–Trinajstić information content (AvgIpc) is 2.95. The first-order chi connectivity index (χ1) is 8.38. The Balaban J connectivity index is 2.07. The molecule has 0 atom stereocenters. The van der Waals surface area contributed by atoms with Crippen molar-refractivity contribution < 1.29 is 0 Å². The van der Waals surface area contributed by atoms with Crippen LogP contribution >= 0.6 is 22.7 Å². The van der Waals surface area contributed by atoms with Crippen molar-refractivity contribution in [1.29, 1.82) is 0 Å². The van der Waals surface area contributed by atoms with Gasteiger partial charge in [-0.2, -0.15) is 0 Å². The highest BCUT2D eigenvalue weighted by Gasteiger charge is 2.10. The fraction of sp³-hybridized carbons (Fsp3) is 0.167. The molecule has 0 saturated carbocycles. The molecule has 0 fully saturated rings. The van der Waals surface area contributed by atoms with Crippen molar-refractivity contribution in [1.82, 2.24) is 15.5 Å². The number of hydrogen-bond donors (Lipinski definition) is 1. The maximum absolute atomic E-state index is 4.26. The minimum Gasteiger partial charge on any atom is -0.313 e. The molecular formula is C12H11N3S2. The predicted octanol–water partition coefficient (Wildman–Crippen LogP) is 3.14. The van der Waals surface area contributed by atoms with Crippen LogP contribution in [0, 0.1) is 0 Å². The van der Waals surface area contributed by atoms with E-state index >= 15 is 0 Å². The monoisotopic (exact) mass is 261 g/mol. The second-order valence-corrected chi connectivity index (χ2v) is 5.65. The zero-order valence-electron chi connectivity index (χ0n) is 9.30. The van der Waals surface area contributed by atoms with Gasteiger partial charge in [-0.05, 0) is 13.1 Å². The molecule has 3 rings (SSSR count). The minimum absolute atomic E-state index is 0.778. The van der Waals surface area contributed by atoms with Crippen molar-refractivity contribution in [3.8, 4) is 10.6 Å². The van der Waals surface area contributed by atoms with Crippen LogP contribution in [0.1, 0.15) is 5.01 Å². The first-order valence-electron chi connectivity index (χ1n) is 5.32. The van der Waals surface area contributed by atoms with E-state index in [9.17, 15) is 0 Å². The molecule has 5 heteroatoms. The number of nitrogens with zero attached hydrogens (tertiary/aromatic N) is 2. The third-order valence-electron chi connectivity index (χ3n) is 2.51. The first kappa shape index (κ1) is 10.8. The molecule has 3 nitrogen and oxygen atoms in total. The van der Waals surface area contributed by atoms with Gasteiger partial charge in [0.2, 0.25) is 0 Å². The van der Waals surface area contributed by atoms with Gasteiger partial charge in [0.15, 0.2) is 0 Å². The number of thiophene rings is 1. The molecule has 2 aromatic heterocycles. The highest BCUT2D eigenvalue weighted by molar-refractivity contribution is 7.19. The van der Waals surface area contributed by atoms with Crippen molar-refractivity contribution >= 4 is 32.8 Å². The number of benzene rings is 1. The van der Waals surface area contributed by atoms with Crippen LogP contribution in [0.3, 0.4) is 0 Å². The Morgan fingerprint density at radius 2 is 2.12 bits per heavy atom. The highest BCUT2D eigenvalue weighted by Crippen LogP contribution is 2.35. The Morgan fingerprint density at radius 1 is 1.24 bits per heavy atom. The van der Waals surface area contributed by atoms with Crippen molar-refractivity contribution in [2.75, 3.05) is 7.05 Å². The Labute approximate surface area is 107 Å². The summed E-state index contributed by atoms with van der Waals surface area (Å²) in [5.74, 6) is 0.